The summed E-state index contributed by atoms with van der Waals surface area (Å²) in [5.74, 6) is 1.03. The Labute approximate surface area is 189 Å². The minimum absolute atomic E-state index is 0.0654. The van der Waals surface area contributed by atoms with E-state index < -0.39 is 0 Å². The second-order valence-electron chi connectivity index (χ2n) is 8.66. The molecule has 0 fully saturated rings. The third kappa shape index (κ3) is 5.67. The van der Waals surface area contributed by atoms with Crippen molar-refractivity contribution >= 4 is 29.0 Å². The third-order valence-electron chi connectivity index (χ3n) is 5.04. The first-order valence-electron chi connectivity index (χ1n) is 10.4. The van der Waals surface area contributed by atoms with Gasteiger partial charge in [0.15, 0.2) is 11.0 Å². The molecule has 0 unspecified atom stereocenters. The van der Waals surface area contributed by atoms with Gasteiger partial charge < -0.3 is 14.8 Å². The average Bonchev–Trinajstić information content (AvgIpc) is 3.15. The summed E-state index contributed by atoms with van der Waals surface area (Å²) in [6.45, 7) is 9.40. The summed E-state index contributed by atoms with van der Waals surface area (Å²) in [6, 6.07) is 16.3. The molecule has 0 atom stereocenters. The predicted octanol–water partition coefficient (Wildman–Crippen LogP) is 5.06. The van der Waals surface area contributed by atoms with E-state index in [0.717, 1.165) is 34.5 Å². The van der Waals surface area contributed by atoms with Gasteiger partial charge in [-0.1, -0.05) is 56.8 Å². The van der Waals surface area contributed by atoms with Gasteiger partial charge in [0.25, 0.3) is 0 Å². The summed E-state index contributed by atoms with van der Waals surface area (Å²) in [7, 11) is 3.97. The Morgan fingerprint density at radius 2 is 1.68 bits per heavy atom. The number of nitrogens with zero attached hydrogens (tertiary/aromatic N) is 4. The summed E-state index contributed by atoms with van der Waals surface area (Å²) < 4.78 is 2.05. The summed E-state index contributed by atoms with van der Waals surface area (Å²) in [5, 5.41) is 12.4. The number of hydrogen-bond donors (Lipinski definition) is 1. The number of carbonyl (C=O) groups excluding carboxylic acids is 1. The van der Waals surface area contributed by atoms with Crippen molar-refractivity contribution in [3.05, 3.63) is 54.1 Å². The van der Waals surface area contributed by atoms with Gasteiger partial charge in [0, 0.05) is 37.6 Å². The van der Waals surface area contributed by atoms with Crippen LogP contribution in [0.5, 0.6) is 0 Å². The standard InChI is InChI=1S/C24H31N5OS/c1-7-29-22(17-8-10-18(11-9-17)24(2,3)4)26-27-23(29)31-16-21(30)25-19-12-14-20(15-13-19)28(5)6/h8-15H,7,16H2,1-6H3,(H,25,30). The van der Waals surface area contributed by atoms with Gasteiger partial charge in [0.1, 0.15) is 0 Å². The number of nitrogens with one attached hydrogen (secondary N) is 1. The first-order chi connectivity index (χ1) is 14.7. The fourth-order valence-electron chi connectivity index (χ4n) is 3.18. The topological polar surface area (TPSA) is 63.1 Å². The van der Waals surface area contributed by atoms with E-state index in [1.807, 2.05) is 43.3 Å². The number of amides is 1. The number of carbonyl (C=O) groups is 1. The van der Waals surface area contributed by atoms with E-state index in [1.54, 1.807) is 0 Å². The maximum atomic E-state index is 12.4. The molecule has 0 bridgehead atoms. The molecule has 1 aromatic heterocycles. The molecule has 164 valence electrons. The van der Waals surface area contributed by atoms with Crippen LogP contribution < -0.4 is 10.2 Å². The number of benzene rings is 2. The van der Waals surface area contributed by atoms with Gasteiger partial charge in [-0.3, -0.25) is 4.79 Å². The van der Waals surface area contributed by atoms with Gasteiger partial charge in [-0.15, -0.1) is 10.2 Å². The van der Waals surface area contributed by atoms with Crippen molar-refractivity contribution in [3.63, 3.8) is 0 Å². The van der Waals surface area contributed by atoms with Crippen LogP contribution in [0.2, 0.25) is 0 Å². The Hall–Kier alpha value is -2.80. The monoisotopic (exact) mass is 437 g/mol. The van der Waals surface area contributed by atoms with E-state index in [2.05, 4.69) is 72.0 Å². The highest BCUT2D eigenvalue weighted by Gasteiger charge is 2.17. The van der Waals surface area contributed by atoms with Crippen LogP contribution in [0.3, 0.4) is 0 Å². The highest BCUT2D eigenvalue weighted by Crippen LogP contribution is 2.28. The van der Waals surface area contributed by atoms with Crippen LogP contribution >= 0.6 is 11.8 Å². The van der Waals surface area contributed by atoms with Crippen molar-refractivity contribution < 1.29 is 4.79 Å². The summed E-state index contributed by atoms with van der Waals surface area (Å²) in [4.78, 5) is 14.4. The van der Waals surface area contributed by atoms with E-state index in [1.165, 1.54) is 17.3 Å². The Kier molecular flexibility index (Phi) is 7.05. The van der Waals surface area contributed by atoms with E-state index in [-0.39, 0.29) is 17.1 Å². The molecule has 1 amide bonds. The van der Waals surface area contributed by atoms with Gasteiger partial charge in [0.2, 0.25) is 5.91 Å². The van der Waals surface area contributed by atoms with Crippen LogP contribution in [0, 0.1) is 0 Å². The largest absolute Gasteiger partial charge is 0.378 e. The molecule has 7 heteroatoms. The Morgan fingerprint density at radius 3 is 2.23 bits per heavy atom. The molecule has 0 aliphatic heterocycles. The summed E-state index contributed by atoms with van der Waals surface area (Å²) >= 11 is 1.40. The molecule has 0 aliphatic carbocycles. The average molecular weight is 438 g/mol. The molecule has 1 N–H and O–H groups in total. The molecule has 3 aromatic rings. The number of thioether (sulfide) groups is 1. The molecule has 0 aliphatic rings. The molecule has 1 heterocycles. The van der Waals surface area contributed by atoms with Crippen molar-refractivity contribution in [1.29, 1.82) is 0 Å². The van der Waals surface area contributed by atoms with E-state index >= 15 is 0 Å². The molecule has 6 nitrogen and oxygen atoms in total. The third-order valence-corrected chi connectivity index (χ3v) is 6.01. The van der Waals surface area contributed by atoms with Crippen LogP contribution in [-0.2, 0) is 16.8 Å². The van der Waals surface area contributed by atoms with Crippen molar-refractivity contribution in [2.24, 2.45) is 0 Å². The van der Waals surface area contributed by atoms with Crippen LogP contribution in [0.1, 0.15) is 33.3 Å². The molecule has 0 saturated carbocycles. The highest BCUT2D eigenvalue weighted by atomic mass is 32.2. The lowest BCUT2D eigenvalue weighted by molar-refractivity contribution is -0.113. The Balaban J connectivity index is 1.66. The second kappa shape index (κ2) is 9.56. The Morgan fingerprint density at radius 1 is 1.03 bits per heavy atom. The zero-order chi connectivity index (χ0) is 22.6. The number of hydrogen-bond acceptors (Lipinski definition) is 5. The van der Waals surface area contributed by atoms with Gasteiger partial charge in [-0.2, -0.15) is 0 Å². The van der Waals surface area contributed by atoms with Crippen molar-refractivity contribution in [3.8, 4) is 11.4 Å². The van der Waals surface area contributed by atoms with Gasteiger partial charge in [0.05, 0.1) is 5.75 Å². The minimum Gasteiger partial charge on any atom is -0.378 e. The van der Waals surface area contributed by atoms with E-state index in [4.69, 9.17) is 0 Å². The molecule has 31 heavy (non-hydrogen) atoms. The normalized spacial score (nSPS) is 11.4. The fourth-order valence-corrected chi connectivity index (χ4v) is 3.99. The lowest BCUT2D eigenvalue weighted by Gasteiger charge is -2.19. The van der Waals surface area contributed by atoms with Crippen LogP contribution in [-0.4, -0.2) is 40.5 Å². The Bertz CT molecular complexity index is 1020. The maximum Gasteiger partial charge on any atom is 0.234 e. The summed E-state index contributed by atoms with van der Waals surface area (Å²) in [6.07, 6.45) is 0. The minimum atomic E-state index is -0.0654. The van der Waals surface area contributed by atoms with Gasteiger partial charge in [-0.25, -0.2) is 0 Å². The molecule has 0 radical (unpaired) electrons. The lowest BCUT2D eigenvalue weighted by atomic mass is 9.87. The lowest BCUT2D eigenvalue weighted by Crippen LogP contribution is -2.15. The second-order valence-corrected chi connectivity index (χ2v) is 9.60. The van der Waals surface area contributed by atoms with Gasteiger partial charge in [-0.05, 0) is 42.2 Å². The zero-order valence-electron chi connectivity index (χ0n) is 19.1. The van der Waals surface area contributed by atoms with E-state index in [0.29, 0.717) is 0 Å². The van der Waals surface area contributed by atoms with Crippen LogP contribution in [0.4, 0.5) is 11.4 Å². The quantitative estimate of drug-likeness (QED) is 0.524. The molecular formula is C24H31N5OS. The van der Waals surface area contributed by atoms with Crippen molar-refractivity contribution in [2.75, 3.05) is 30.1 Å². The highest BCUT2D eigenvalue weighted by molar-refractivity contribution is 7.99. The SMILES string of the molecule is CCn1c(SCC(=O)Nc2ccc(N(C)C)cc2)nnc1-c1ccc(C(C)(C)C)cc1. The van der Waals surface area contributed by atoms with Crippen LogP contribution in [0.15, 0.2) is 53.7 Å². The first-order valence-corrected chi connectivity index (χ1v) is 11.4. The van der Waals surface area contributed by atoms with Crippen LogP contribution in [0.25, 0.3) is 11.4 Å². The fraction of sp³-hybridized carbons (Fsp3) is 0.375. The van der Waals surface area contributed by atoms with Crippen molar-refractivity contribution in [1.82, 2.24) is 14.8 Å². The number of anilines is 2. The smallest absolute Gasteiger partial charge is 0.234 e. The molecule has 3 rings (SSSR count). The molecule has 0 saturated heterocycles. The summed E-state index contributed by atoms with van der Waals surface area (Å²) in [5.41, 5.74) is 4.29. The maximum absolute atomic E-state index is 12.4. The zero-order valence-corrected chi connectivity index (χ0v) is 20.0. The first kappa shape index (κ1) is 22.9. The van der Waals surface area contributed by atoms with E-state index in [9.17, 15) is 4.79 Å². The number of rotatable bonds is 7. The molecular weight excluding hydrogens is 406 g/mol. The van der Waals surface area contributed by atoms with Gasteiger partial charge >= 0.3 is 0 Å². The molecule has 2 aromatic carbocycles. The predicted molar refractivity (Wildman–Crippen MR) is 130 cm³/mol. The molecule has 0 spiro atoms. The number of aromatic nitrogens is 3. The van der Waals surface area contributed by atoms with Crippen molar-refractivity contribution in [2.45, 2.75) is 44.8 Å².